The van der Waals surface area contributed by atoms with Crippen LogP contribution in [0.25, 0.3) is 0 Å². The van der Waals surface area contributed by atoms with E-state index < -0.39 is 5.60 Å². The van der Waals surface area contributed by atoms with E-state index in [0.29, 0.717) is 29.6 Å². The molecule has 3 heteroatoms. The predicted octanol–water partition coefficient (Wildman–Crippen LogP) is 5.84. The molecule has 0 aromatic heterocycles. The SMILES string of the molecule is CC(C=CC1CC1C)C1CCC2C1(C)CCC1C23C=CC2(CC(O)CCC12C)OO3. The van der Waals surface area contributed by atoms with Gasteiger partial charge in [0.15, 0.2) is 0 Å². The Bertz CT molecular complexity index is 789. The molecule has 30 heavy (non-hydrogen) atoms. The summed E-state index contributed by atoms with van der Waals surface area (Å²) in [6.07, 6.45) is 18.6. The number of fused-ring (bicyclic) bond motifs is 2. The minimum absolute atomic E-state index is 0.0757. The highest BCUT2D eigenvalue weighted by atomic mass is 17.2. The van der Waals surface area contributed by atoms with Gasteiger partial charge in [0, 0.05) is 23.7 Å². The average molecular weight is 413 g/mol. The van der Waals surface area contributed by atoms with Gasteiger partial charge in [-0.1, -0.05) is 45.9 Å². The molecular weight excluding hydrogens is 372 g/mol. The molecular formula is C27H40O3. The summed E-state index contributed by atoms with van der Waals surface area (Å²) in [5.74, 6) is 4.13. The van der Waals surface area contributed by atoms with E-state index in [4.69, 9.17) is 9.78 Å². The van der Waals surface area contributed by atoms with Crippen molar-refractivity contribution in [1.82, 2.24) is 0 Å². The van der Waals surface area contributed by atoms with Gasteiger partial charge in [0.25, 0.3) is 0 Å². The summed E-state index contributed by atoms with van der Waals surface area (Å²) in [4.78, 5) is 12.7. The van der Waals surface area contributed by atoms with Crippen molar-refractivity contribution in [1.29, 1.82) is 0 Å². The third-order valence-corrected chi connectivity index (χ3v) is 11.2. The summed E-state index contributed by atoms with van der Waals surface area (Å²) in [7, 11) is 0. The lowest BCUT2D eigenvalue weighted by atomic mass is 9.43. The molecule has 0 radical (unpaired) electrons. The maximum Gasteiger partial charge on any atom is 0.130 e. The van der Waals surface area contributed by atoms with Gasteiger partial charge in [0.1, 0.15) is 11.2 Å². The maximum atomic E-state index is 10.4. The molecule has 2 heterocycles. The van der Waals surface area contributed by atoms with Crippen LogP contribution in [0.3, 0.4) is 0 Å². The first-order valence-corrected chi connectivity index (χ1v) is 12.7. The van der Waals surface area contributed by atoms with Gasteiger partial charge in [-0.05, 0) is 80.1 Å². The Morgan fingerprint density at radius 1 is 1.03 bits per heavy atom. The van der Waals surface area contributed by atoms with Crippen LogP contribution in [0.2, 0.25) is 0 Å². The lowest BCUT2D eigenvalue weighted by Gasteiger charge is -2.69. The van der Waals surface area contributed by atoms with Crippen LogP contribution in [-0.2, 0) is 9.78 Å². The maximum absolute atomic E-state index is 10.4. The zero-order valence-electron chi connectivity index (χ0n) is 19.3. The molecule has 5 aliphatic carbocycles. The number of allylic oxidation sites excluding steroid dienone is 2. The van der Waals surface area contributed by atoms with Crippen LogP contribution < -0.4 is 0 Å². The molecule has 0 aromatic carbocycles. The van der Waals surface area contributed by atoms with Crippen molar-refractivity contribution >= 4 is 0 Å². The van der Waals surface area contributed by atoms with Crippen LogP contribution in [-0.4, -0.2) is 22.4 Å². The van der Waals surface area contributed by atoms with E-state index in [-0.39, 0.29) is 17.1 Å². The van der Waals surface area contributed by atoms with Crippen molar-refractivity contribution < 1.29 is 14.9 Å². The summed E-state index contributed by atoms with van der Waals surface area (Å²) < 4.78 is 0. The van der Waals surface area contributed by atoms with Gasteiger partial charge in [0.2, 0.25) is 0 Å². The fourth-order valence-corrected chi connectivity index (χ4v) is 9.07. The van der Waals surface area contributed by atoms with E-state index in [0.717, 1.165) is 30.6 Å². The number of hydrogen-bond acceptors (Lipinski definition) is 3. The molecule has 0 aromatic rings. The summed E-state index contributed by atoms with van der Waals surface area (Å²) in [6.45, 7) is 9.82. The second-order valence-electron chi connectivity index (χ2n) is 12.5. The van der Waals surface area contributed by atoms with Crippen LogP contribution in [0.15, 0.2) is 24.3 Å². The highest BCUT2D eigenvalue weighted by molar-refractivity contribution is 5.33. The Hall–Kier alpha value is -0.640. The topological polar surface area (TPSA) is 38.7 Å². The van der Waals surface area contributed by atoms with E-state index >= 15 is 0 Å². The lowest BCUT2D eigenvalue weighted by molar-refractivity contribution is -0.497. The van der Waals surface area contributed by atoms with Crippen LogP contribution in [0, 0.1) is 46.3 Å². The summed E-state index contributed by atoms with van der Waals surface area (Å²) in [5.41, 5.74) is -0.313. The minimum Gasteiger partial charge on any atom is -0.393 e. The van der Waals surface area contributed by atoms with Crippen molar-refractivity contribution in [3.8, 4) is 0 Å². The molecule has 2 bridgehead atoms. The molecule has 5 fully saturated rings. The number of aliphatic hydroxyl groups excluding tert-OH is 1. The summed E-state index contributed by atoms with van der Waals surface area (Å²) in [5, 5.41) is 10.4. The van der Waals surface area contributed by atoms with Gasteiger partial charge in [-0.3, -0.25) is 0 Å². The normalized spacial score (nSPS) is 59.6. The average Bonchev–Trinajstić information content (AvgIpc) is 3.30. The highest BCUT2D eigenvalue weighted by Crippen LogP contribution is 2.72. The quantitative estimate of drug-likeness (QED) is 0.468. The molecule has 11 atom stereocenters. The summed E-state index contributed by atoms with van der Waals surface area (Å²) >= 11 is 0. The fourth-order valence-electron chi connectivity index (χ4n) is 9.07. The number of hydrogen-bond donors (Lipinski definition) is 1. The Balaban J connectivity index is 1.32. The van der Waals surface area contributed by atoms with E-state index in [1.807, 2.05) is 0 Å². The first-order chi connectivity index (χ1) is 14.2. The van der Waals surface area contributed by atoms with Gasteiger partial charge in [0.05, 0.1) is 6.10 Å². The third-order valence-electron chi connectivity index (χ3n) is 11.2. The first-order valence-electron chi connectivity index (χ1n) is 12.7. The molecule has 11 unspecified atom stereocenters. The molecule has 7 rings (SSSR count). The van der Waals surface area contributed by atoms with Crippen molar-refractivity contribution in [3.05, 3.63) is 24.3 Å². The molecule has 4 saturated carbocycles. The highest BCUT2D eigenvalue weighted by Gasteiger charge is 2.74. The van der Waals surface area contributed by atoms with Gasteiger partial charge in [-0.25, -0.2) is 9.78 Å². The molecule has 0 amide bonds. The fraction of sp³-hybridized carbons (Fsp3) is 0.852. The third kappa shape index (κ3) is 2.38. The van der Waals surface area contributed by atoms with Crippen molar-refractivity contribution in [3.63, 3.8) is 0 Å². The van der Waals surface area contributed by atoms with Gasteiger partial charge >= 0.3 is 0 Å². The van der Waals surface area contributed by atoms with E-state index in [1.165, 1.54) is 32.1 Å². The molecule has 1 N–H and O–H groups in total. The first kappa shape index (κ1) is 20.0. The molecule has 2 aliphatic heterocycles. The smallest absolute Gasteiger partial charge is 0.130 e. The Morgan fingerprint density at radius 2 is 1.83 bits per heavy atom. The van der Waals surface area contributed by atoms with E-state index in [2.05, 4.69) is 52.0 Å². The summed E-state index contributed by atoms with van der Waals surface area (Å²) in [6, 6.07) is 0. The van der Waals surface area contributed by atoms with Gasteiger partial charge in [-0.2, -0.15) is 0 Å². The van der Waals surface area contributed by atoms with Crippen molar-refractivity contribution in [2.45, 2.75) is 96.4 Å². The van der Waals surface area contributed by atoms with Crippen LogP contribution in [0.5, 0.6) is 0 Å². The van der Waals surface area contributed by atoms with E-state index in [1.54, 1.807) is 0 Å². The van der Waals surface area contributed by atoms with Gasteiger partial charge < -0.3 is 5.11 Å². The van der Waals surface area contributed by atoms with Crippen LogP contribution >= 0.6 is 0 Å². The number of aliphatic hydroxyl groups is 1. The molecule has 7 aliphatic rings. The van der Waals surface area contributed by atoms with Crippen molar-refractivity contribution in [2.24, 2.45) is 46.3 Å². The van der Waals surface area contributed by atoms with Crippen molar-refractivity contribution in [2.75, 3.05) is 0 Å². The molecule has 1 saturated heterocycles. The monoisotopic (exact) mass is 412 g/mol. The minimum atomic E-state index is -0.431. The second kappa shape index (κ2) is 6.23. The van der Waals surface area contributed by atoms with E-state index in [9.17, 15) is 5.11 Å². The van der Waals surface area contributed by atoms with Crippen LogP contribution in [0.4, 0.5) is 0 Å². The Morgan fingerprint density at radius 3 is 2.53 bits per heavy atom. The lowest BCUT2D eigenvalue weighted by Crippen LogP contribution is -2.73. The Kier molecular flexibility index (Phi) is 4.16. The van der Waals surface area contributed by atoms with Gasteiger partial charge in [-0.15, -0.1) is 0 Å². The second-order valence-corrected chi connectivity index (χ2v) is 12.5. The zero-order chi connectivity index (χ0) is 20.9. The molecule has 2 spiro atoms. The molecule has 166 valence electrons. The Labute approximate surface area is 182 Å². The predicted molar refractivity (Wildman–Crippen MR) is 117 cm³/mol. The number of rotatable bonds is 3. The zero-order valence-corrected chi connectivity index (χ0v) is 19.3. The molecule has 3 nitrogen and oxygen atoms in total. The van der Waals surface area contributed by atoms with Crippen LogP contribution in [0.1, 0.15) is 79.1 Å². The standard InChI is InChI=1S/C27H40O3/c1-17(5-6-19-15-18(19)2)21-7-8-22-24(21,3)11-10-23-25(4)12-9-20(28)16-26(25)13-14-27(22,23)30-29-26/h5-6,13-14,17-23,28H,7-12,15-16H2,1-4H3. The largest absolute Gasteiger partial charge is 0.393 e.